The number of carbonyl (C=O) groups is 3. The van der Waals surface area contributed by atoms with E-state index in [1.54, 1.807) is 24.3 Å². The molecule has 0 aliphatic carbocycles. The molecule has 0 radical (unpaired) electrons. The summed E-state index contributed by atoms with van der Waals surface area (Å²) in [5.41, 5.74) is 1.82. The summed E-state index contributed by atoms with van der Waals surface area (Å²) < 4.78 is 24.1. The fourth-order valence-electron chi connectivity index (χ4n) is 3.88. The van der Waals surface area contributed by atoms with Crippen molar-refractivity contribution in [2.45, 2.75) is 19.4 Å². The zero-order valence-electron chi connectivity index (χ0n) is 17.2. The fourth-order valence-corrected chi connectivity index (χ4v) is 3.88. The van der Waals surface area contributed by atoms with Crippen LogP contribution in [0.4, 0.5) is 15.8 Å². The van der Waals surface area contributed by atoms with Crippen LogP contribution in [0.15, 0.2) is 36.4 Å². The van der Waals surface area contributed by atoms with Gasteiger partial charge in [0.2, 0.25) is 0 Å². The first-order valence-corrected chi connectivity index (χ1v) is 9.89. The molecule has 2 aromatic carbocycles. The molecule has 0 bridgehead atoms. The second-order valence-electron chi connectivity index (χ2n) is 7.54. The number of rotatable bonds is 3. The number of anilines is 2. The Balaban J connectivity index is 1.38. The van der Waals surface area contributed by atoms with Crippen molar-refractivity contribution in [3.8, 4) is 11.5 Å². The third-order valence-corrected chi connectivity index (χ3v) is 5.46. The van der Waals surface area contributed by atoms with E-state index in [2.05, 4.69) is 5.32 Å². The number of carbonyl (C=O) groups excluding carboxylic acids is 3. The number of nitrogens with one attached hydrogen (secondary N) is 1. The molecule has 4 rings (SSSR count). The normalized spacial score (nSPS) is 17.8. The van der Waals surface area contributed by atoms with Gasteiger partial charge in [-0.2, -0.15) is 0 Å². The summed E-state index contributed by atoms with van der Waals surface area (Å²) in [5.74, 6) is -1.65. The number of nitrogens with zero attached hydrogens (tertiary/aromatic N) is 2. The fraction of sp³-hybridized carbons (Fsp3) is 0.318. The molecule has 1 saturated heterocycles. The molecule has 1 N–H and O–H groups in total. The largest absolute Gasteiger partial charge is 0.494 e. The van der Waals surface area contributed by atoms with Gasteiger partial charge in [-0.1, -0.05) is 6.07 Å². The molecule has 0 aromatic heterocycles. The van der Waals surface area contributed by atoms with Gasteiger partial charge in [0.1, 0.15) is 5.75 Å². The van der Waals surface area contributed by atoms with Crippen molar-refractivity contribution >= 4 is 29.2 Å². The molecule has 2 amide bonds. The van der Waals surface area contributed by atoms with Gasteiger partial charge in [0, 0.05) is 54.7 Å². The number of benzene rings is 2. The molecule has 31 heavy (non-hydrogen) atoms. The first-order chi connectivity index (χ1) is 14.9. The number of hydrogen-bond donors (Lipinski definition) is 1. The van der Waals surface area contributed by atoms with Gasteiger partial charge in [0.25, 0.3) is 0 Å². The van der Waals surface area contributed by atoms with Crippen molar-refractivity contribution in [1.82, 2.24) is 4.90 Å². The van der Waals surface area contributed by atoms with Crippen LogP contribution >= 0.6 is 0 Å². The van der Waals surface area contributed by atoms with E-state index in [0.29, 0.717) is 36.8 Å². The maximum Gasteiger partial charge on any atom is 0.315 e. The van der Waals surface area contributed by atoms with Crippen LogP contribution in [-0.4, -0.2) is 55.5 Å². The van der Waals surface area contributed by atoms with E-state index in [9.17, 15) is 18.8 Å². The number of ether oxygens (including phenoxy) is 2. The lowest BCUT2D eigenvalue weighted by Crippen LogP contribution is -2.55. The number of amides is 2. The summed E-state index contributed by atoms with van der Waals surface area (Å²) in [6, 6.07) is 9.47. The zero-order valence-corrected chi connectivity index (χ0v) is 17.2. The monoisotopic (exact) mass is 427 g/mol. The summed E-state index contributed by atoms with van der Waals surface area (Å²) >= 11 is 0. The van der Waals surface area contributed by atoms with Crippen molar-refractivity contribution in [2.24, 2.45) is 0 Å². The standard InChI is InChI=1S/C22H22FN3O5/c1-13-12-25(7-8-26(13)16-5-6-18(30-2)17(23)11-16)22(29)21(28)24-15-4-3-14-9-20(27)31-19(14)10-15/h3-6,10-11,13H,7-9,12H2,1-2H3,(H,24,28)/t13-/m1/s1. The topological polar surface area (TPSA) is 88.2 Å². The molecule has 2 aliphatic heterocycles. The van der Waals surface area contributed by atoms with Gasteiger partial charge < -0.3 is 24.6 Å². The van der Waals surface area contributed by atoms with Crippen molar-refractivity contribution in [1.29, 1.82) is 0 Å². The minimum absolute atomic E-state index is 0.113. The molecule has 2 heterocycles. The van der Waals surface area contributed by atoms with Gasteiger partial charge in [-0.25, -0.2) is 4.39 Å². The number of halogens is 1. The first kappa shape index (κ1) is 20.6. The summed E-state index contributed by atoms with van der Waals surface area (Å²) in [7, 11) is 1.41. The van der Waals surface area contributed by atoms with E-state index in [1.165, 1.54) is 24.1 Å². The average molecular weight is 427 g/mol. The molecule has 0 saturated carbocycles. The molecular weight excluding hydrogens is 405 g/mol. The Bertz CT molecular complexity index is 1060. The van der Waals surface area contributed by atoms with Crippen molar-refractivity contribution in [3.05, 3.63) is 47.8 Å². The van der Waals surface area contributed by atoms with Gasteiger partial charge in [-0.3, -0.25) is 14.4 Å². The van der Waals surface area contributed by atoms with Crippen LogP contribution < -0.4 is 19.7 Å². The van der Waals surface area contributed by atoms with Crippen LogP contribution in [0.5, 0.6) is 11.5 Å². The molecule has 2 aromatic rings. The van der Waals surface area contributed by atoms with E-state index >= 15 is 0 Å². The van der Waals surface area contributed by atoms with E-state index < -0.39 is 17.6 Å². The van der Waals surface area contributed by atoms with Gasteiger partial charge in [0.05, 0.1) is 13.5 Å². The Morgan fingerprint density at radius 2 is 2.00 bits per heavy atom. The molecule has 162 valence electrons. The molecule has 8 nitrogen and oxygen atoms in total. The lowest BCUT2D eigenvalue weighted by atomic mass is 10.1. The Labute approximate surface area is 178 Å². The van der Waals surface area contributed by atoms with E-state index in [-0.39, 0.29) is 24.2 Å². The summed E-state index contributed by atoms with van der Waals surface area (Å²) in [6.07, 6.45) is 0.197. The predicted molar refractivity (Wildman–Crippen MR) is 111 cm³/mol. The summed E-state index contributed by atoms with van der Waals surface area (Å²) in [5, 5.41) is 2.56. The number of fused-ring (bicyclic) bond motifs is 1. The average Bonchev–Trinajstić information content (AvgIpc) is 3.12. The second-order valence-corrected chi connectivity index (χ2v) is 7.54. The second kappa shape index (κ2) is 8.25. The van der Waals surface area contributed by atoms with Crippen LogP contribution in [0.2, 0.25) is 0 Å². The molecule has 1 atom stereocenters. The van der Waals surface area contributed by atoms with Crippen LogP contribution in [0.1, 0.15) is 12.5 Å². The zero-order chi connectivity index (χ0) is 22.1. The Morgan fingerprint density at radius 1 is 1.19 bits per heavy atom. The van der Waals surface area contributed by atoms with E-state index in [1.807, 2.05) is 11.8 Å². The molecule has 0 spiro atoms. The summed E-state index contributed by atoms with van der Waals surface area (Å²) in [6.45, 7) is 3.02. The van der Waals surface area contributed by atoms with Crippen LogP contribution in [-0.2, 0) is 20.8 Å². The minimum Gasteiger partial charge on any atom is -0.494 e. The predicted octanol–water partition coefficient (Wildman–Crippen LogP) is 1.97. The van der Waals surface area contributed by atoms with Gasteiger partial charge >= 0.3 is 17.8 Å². The highest BCUT2D eigenvalue weighted by atomic mass is 19.1. The third kappa shape index (κ3) is 4.16. The van der Waals surface area contributed by atoms with Crippen LogP contribution in [0, 0.1) is 5.82 Å². The molecule has 9 heteroatoms. The smallest absolute Gasteiger partial charge is 0.315 e. The van der Waals surface area contributed by atoms with Gasteiger partial charge in [-0.05, 0) is 25.1 Å². The van der Waals surface area contributed by atoms with E-state index in [0.717, 1.165) is 5.56 Å². The van der Waals surface area contributed by atoms with Crippen LogP contribution in [0.25, 0.3) is 0 Å². The number of esters is 1. The van der Waals surface area contributed by atoms with Crippen LogP contribution in [0.3, 0.4) is 0 Å². The minimum atomic E-state index is -0.764. The SMILES string of the molecule is COc1ccc(N2CCN(C(=O)C(=O)Nc3ccc4c(c3)OC(=O)C4)C[C@H]2C)cc1F. The maximum absolute atomic E-state index is 14.1. The highest BCUT2D eigenvalue weighted by Gasteiger charge is 2.31. The number of methoxy groups -OCH3 is 1. The van der Waals surface area contributed by atoms with Gasteiger partial charge in [-0.15, -0.1) is 0 Å². The summed E-state index contributed by atoms with van der Waals surface area (Å²) in [4.78, 5) is 39.9. The Morgan fingerprint density at radius 3 is 2.71 bits per heavy atom. The Kier molecular flexibility index (Phi) is 5.50. The van der Waals surface area contributed by atoms with Crippen molar-refractivity contribution in [2.75, 3.05) is 37.0 Å². The van der Waals surface area contributed by atoms with E-state index in [4.69, 9.17) is 9.47 Å². The quantitative estimate of drug-likeness (QED) is 0.458. The molecule has 1 fully saturated rings. The molecule has 0 unspecified atom stereocenters. The highest BCUT2D eigenvalue weighted by Crippen LogP contribution is 2.29. The van der Waals surface area contributed by atoms with Crippen molar-refractivity contribution in [3.63, 3.8) is 0 Å². The Hall–Kier alpha value is -3.62. The number of hydrogen-bond acceptors (Lipinski definition) is 6. The highest BCUT2D eigenvalue weighted by molar-refractivity contribution is 6.39. The van der Waals surface area contributed by atoms with Crippen molar-refractivity contribution < 1.29 is 28.2 Å². The lowest BCUT2D eigenvalue weighted by molar-refractivity contribution is -0.143. The van der Waals surface area contributed by atoms with Gasteiger partial charge in [0.15, 0.2) is 11.6 Å². The first-order valence-electron chi connectivity index (χ1n) is 9.89. The maximum atomic E-state index is 14.1. The lowest BCUT2D eigenvalue weighted by Gasteiger charge is -2.41. The third-order valence-electron chi connectivity index (χ3n) is 5.46. The molecular formula is C22H22FN3O5. The molecule has 2 aliphatic rings. The number of piperazine rings is 1.